The Labute approximate surface area is 165 Å². The van der Waals surface area contributed by atoms with Crippen molar-refractivity contribution in [2.45, 2.75) is 57.0 Å². The third kappa shape index (κ3) is 4.79. The van der Waals surface area contributed by atoms with E-state index in [4.69, 9.17) is 0 Å². The number of piperidine rings is 1. The summed E-state index contributed by atoms with van der Waals surface area (Å²) >= 11 is 1.41. The zero-order valence-electron chi connectivity index (χ0n) is 16.0. The molecule has 1 N–H and O–H groups in total. The van der Waals surface area contributed by atoms with Crippen molar-refractivity contribution in [2.75, 3.05) is 32.5 Å². The van der Waals surface area contributed by atoms with Crippen LogP contribution in [0.3, 0.4) is 0 Å². The third-order valence-electron chi connectivity index (χ3n) is 5.45. The molecule has 1 aliphatic carbocycles. The molecule has 2 aliphatic rings. The first-order chi connectivity index (χ1) is 12.9. The van der Waals surface area contributed by atoms with E-state index < -0.39 is 10.2 Å². The average Bonchev–Trinajstić information content (AvgIpc) is 3.16. The minimum Gasteiger partial charge on any atom is -0.318 e. The molecular weight excluding hydrogens is 386 g/mol. The molecule has 8 nitrogen and oxygen atoms in total. The van der Waals surface area contributed by atoms with Gasteiger partial charge in [-0.3, -0.25) is 5.32 Å². The molecule has 1 aliphatic heterocycles. The van der Waals surface area contributed by atoms with E-state index in [9.17, 15) is 13.2 Å². The van der Waals surface area contributed by atoms with E-state index in [1.54, 1.807) is 20.3 Å². The molecular formula is C17H29N5O3S2. The van der Waals surface area contributed by atoms with Gasteiger partial charge in [0.05, 0.1) is 0 Å². The number of urea groups is 1. The zero-order chi connectivity index (χ0) is 19.4. The van der Waals surface area contributed by atoms with Crippen molar-refractivity contribution in [2.24, 2.45) is 0 Å². The van der Waals surface area contributed by atoms with Crippen LogP contribution < -0.4 is 5.32 Å². The smallest absolute Gasteiger partial charge is 0.318 e. The molecule has 0 atom stereocenters. The Morgan fingerprint density at radius 1 is 1.15 bits per heavy atom. The molecule has 1 saturated heterocycles. The number of nitrogens with zero attached hydrogens (tertiary/aromatic N) is 4. The van der Waals surface area contributed by atoms with Crippen molar-refractivity contribution < 1.29 is 13.2 Å². The first-order valence-electron chi connectivity index (χ1n) is 9.56. The standard InChI is InChI=1S/C17H29N5O3S2/c1-20(2)27(24,25)21-11-8-15(9-12-21)22(14-6-4-3-5-7-14)17(23)19-16-18-10-13-26-16/h10,13-15H,3-9,11-12H2,1-2H3,(H,18,19,23). The fraction of sp³-hybridized carbons (Fsp3) is 0.765. The van der Waals surface area contributed by atoms with E-state index in [2.05, 4.69) is 10.3 Å². The molecule has 0 unspecified atom stereocenters. The molecule has 152 valence electrons. The first-order valence-corrected chi connectivity index (χ1v) is 11.8. The number of carbonyl (C=O) groups is 1. The second-order valence-corrected chi connectivity index (χ2v) is 10.4. The molecule has 10 heteroatoms. The van der Waals surface area contributed by atoms with Crippen LogP contribution in [0.15, 0.2) is 11.6 Å². The van der Waals surface area contributed by atoms with Crippen LogP contribution in [0.2, 0.25) is 0 Å². The Morgan fingerprint density at radius 3 is 2.33 bits per heavy atom. The van der Waals surface area contributed by atoms with Crippen LogP contribution in [0, 0.1) is 0 Å². The maximum Gasteiger partial charge on any atom is 0.324 e. The minimum absolute atomic E-state index is 0.0571. The van der Waals surface area contributed by atoms with Gasteiger partial charge in [-0.15, -0.1) is 11.3 Å². The quantitative estimate of drug-likeness (QED) is 0.801. The molecule has 1 saturated carbocycles. The number of hydrogen-bond acceptors (Lipinski definition) is 5. The average molecular weight is 416 g/mol. The summed E-state index contributed by atoms with van der Waals surface area (Å²) in [5, 5.41) is 5.37. The lowest BCUT2D eigenvalue weighted by Crippen LogP contribution is -2.55. The fourth-order valence-electron chi connectivity index (χ4n) is 4.01. The van der Waals surface area contributed by atoms with Crippen LogP contribution in [-0.4, -0.2) is 72.2 Å². The number of carbonyl (C=O) groups excluding carboxylic acids is 1. The first kappa shape index (κ1) is 20.5. The van der Waals surface area contributed by atoms with Gasteiger partial charge in [-0.1, -0.05) is 19.3 Å². The third-order valence-corrected chi connectivity index (χ3v) is 8.08. The topological polar surface area (TPSA) is 85.9 Å². The van der Waals surface area contributed by atoms with Crippen LogP contribution in [0.4, 0.5) is 9.93 Å². The van der Waals surface area contributed by atoms with Gasteiger partial charge in [0.15, 0.2) is 5.13 Å². The van der Waals surface area contributed by atoms with Crippen molar-refractivity contribution in [3.8, 4) is 0 Å². The molecule has 3 rings (SSSR count). The molecule has 0 aromatic carbocycles. The summed E-state index contributed by atoms with van der Waals surface area (Å²) in [5.74, 6) is 0. The van der Waals surface area contributed by atoms with E-state index in [-0.39, 0.29) is 18.1 Å². The normalized spacial score (nSPS) is 20.7. The number of aromatic nitrogens is 1. The molecule has 0 spiro atoms. The highest BCUT2D eigenvalue weighted by molar-refractivity contribution is 7.86. The molecule has 27 heavy (non-hydrogen) atoms. The molecule has 2 amide bonds. The van der Waals surface area contributed by atoms with Gasteiger partial charge >= 0.3 is 6.03 Å². The van der Waals surface area contributed by atoms with Gasteiger partial charge in [0.25, 0.3) is 10.2 Å². The maximum absolute atomic E-state index is 13.0. The SMILES string of the molecule is CN(C)S(=O)(=O)N1CCC(N(C(=O)Nc2nccs2)C2CCCCC2)CC1. The molecule has 2 fully saturated rings. The molecule has 2 heterocycles. The van der Waals surface area contributed by atoms with Crippen LogP contribution in [0.5, 0.6) is 0 Å². The van der Waals surface area contributed by atoms with Gasteiger partial charge in [0.1, 0.15) is 0 Å². The number of anilines is 1. The van der Waals surface area contributed by atoms with Gasteiger partial charge in [0, 0.05) is 50.8 Å². The minimum atomic E-state index is -3.40. The lowest BCUT2D eigenvalue weighted by molar-refractivity contribution is 0.105. The molecule has 1 aromatic heterocycles. The summed E-state index contributed by atoms with van der Waals surface area (Å²) in [4.78, 5) is 19.2. The Hall–Kier alpha value is -1.23. The van der Waals surface area contributed by atoms with E-state index in [0.29, 0.717) is 31.1 Å². The Bertz CT molecular complexity index is 709. The van der Waals surface area contributed by atoms with Gasteiger partial charge < -0.3 is 4.90 Å². The predicted molar refractivity (Wildman–Crippen MR) is 107 cm³/mol. The summed E-state index contributed by atoms with van der Waals surface area (Å²) in [6.45, 7) is 0.887. The monoisotopic (exact) mass is 415 g/mol. The highest BCUT2D eigenvalue weighted by Gasteiger charge is 2.37. The second kappa shape index (κ2) is 8.85. The number of rotatable bonds is 5. The maximum atomic E-state index is 13.0. The Kier molecular flexibility index (Phi) is 6.72. The number of thiazole rings is 1. The highest BCUT2D eigenvalue weighted by Crippen LogP contribution is 2.29. The Balaban J connectivity index is 1.70. The molecule has 0 bridgehead atoms. The summed E-state index contributed by atoms with van der Waals surface area (Å²) < 4.78 is 27.5. The van der Waals surface area contributed by atoms with E-state index >= 15 is 0 Å². The lowest BCUT2D eigenvalue weighted by Gasteiger charge is -2.43. The lowest BCUT2D eigenvalue weighted by atomic mass is 9.91. The van der Waals surface area contributed by atoms with E-state index in [1.165, 1.54) is 26.4 Å². The largest absolute Gasteiger partial charge is 0.324 e. The van der Waals surface area contributed by atoms with Crippen molar-refractivity contribution in [3.05, 3.63) is 11.6 Å². The van der Waals surface area contributed by atoms with Gasteiger partial charge in [-0.25, -0.2) is 9.78 Å². The van der Waals surface area contributed by atoms with Crippen molar-refractivity contribution in [1.29, 1.82) is 0 Å². The van der Waals surface area contributed by atoms with Crippen molar-refractivity contribution in [3.63, 3.8) is 0 Å². The van der Waals surface area contributed by atoms with Crippen LogP contribution in [-0.2, 0) is 10.2 Å². The number of nitrogens with one attached hydrogen (secondary N) is 1. The van der Waals surface area contributed by atoms with Crippen LogP contribution in [0.25, 0.3) is 0 Å². The predicted octanol–water partition coefficient (Wildman–Crippen LogP) is 2.58. The summed E-state index contributed by atoms with van der Waals surface area (Å²) in [6, 6.07) is 0.174. The van der Waals surface area contributed by atoms with Crippen LogP contribution in [0.1, 0.15) is 44.9 Å². The number of amides is 2. The fourth-order valence-corrected chi connectivity index (χ4v) is 5.66. The summed E-state index contributed by atoms with van der Waals surface area (Å²) in [7, 11) is -0.290. The Morgan fingerprint density at radius 2 is 1.78 bits per heavy atom. The summed E-state index contributed by atoms with van der Waals surface area (Å²) in [5.41, 5.74) is 0. The molecule has 0 radical (unpaired) electrons. The van der Waals surface area contributed by atoms with E-state index in [1.807, 2.05) is 10.3 Å². The number of hydrogen-bond donors (Lipinski definition) is 1. The van der Waals surface area contributed by atoms with Gasteiger partial charge in [-0.05, 0) is 25.7 Å². The van der Waals surface area contributed by atoms with Crippen LogP contribution >= 0.6 is 11.3 Å². The van der Waals surface area contributed by atoms with Crippen molar-refractivity contribution >= 4 is 32.7 Å². The van der Waals surface area contributed by atoms with Gasteiger partial charge in [0.2, 0.25) is 0 Å². The summed E-state index contributed by atoms with van der Waals surface area (Å²) in [6.07, 6.45) is 8.53. The zero-order valence-corrected chi connectivity index (χ0v) is 17.6. The second-order valence-electron chi connectivity index (χ2n) is 7.39. The highest BCUT2D eigenvalue weighted by atomic mass is 32.2. The van der Waals surface area contributed by atoms with E-state index in [0.717, 1.165) is 25.7 Å². The van der Waals surface area contributed by atoms with Gasteiger partial charge in [-0.2, -0.15) is 17.0 Å². The van der Waals surface area contributed by atoms with Crippen molar-refractivity contribution in [1.82, 2.24) is 18.5 Å². The molecule has 1 aromatic rings.